The highest BCUT2D eigenvalue weighted by atomic mass is 79.9. The second-order valence-corrected chi connectivity index (χ2v) is 6.99. The molecular weight excluding hydrogens is 344 g/mol. The Bertz CT molecular complexity index is 695. The summed E-state index contributed by atoms with van der Waals surface area (Å²) in [7, 11) is 0. The van der Waals surface area contributed by atoms with E-state index in [2.05, 4.69) is 36.5 Å². The monoisotopic (exact) mass is 362 g/mol. The molecule has 0 bridgehead atoms. The van der Waals surface area contributed by atoms with Gasteiger partial charge in [0.05, 0.1) is 0 Å². The van der Waals surface area contributed by atoms with Crippen molar-refractivity contribution < 1.29 is 4.79 Å². The van der Waals surface area contributed by atoms with Gasteiger partial charge in [-0.1, -0.05) is 15.9 Å². The third kappa shape index (κ3) is 4.53. The van der Waals surface area contributed by atoms with Crippen molar-refractivity contribution in [3.63, 3.8) is 0 Å². The van der Waals surface area contributed by atoms with Gasteiger partial charge in [-0.15, -0.1) is 0 Å². The fourth-order valence-corrected chi connectivity index (χ4v) is 2.36. The number of nitrogens with zero attached hydrogens (tertiary/aromatic N) is 2. The molecule has 0 spiro atoms. The number of carbonyl (C=O) groups excluding carboxylic acids is 1. The Labute approximate surface area is 138 Å². The lowest BCUT2D eigenvalue weighted by atomic mass is 10.1. The maximum absolute atomic E-state index is 12.3. The molecule has 0 unspecified atom stereocenters. The number of anilines is 2. The minimum Gasteiger partial charge on any atom is -0.365 e. The van der Waals surface area contributed by atoms with Crippen LogP contribution in [0.2, 0.25) is 0 Å². The third-order valence-electron chi connectivity index (χ3n) is 2.84. The number of halogens is 1. The lowest BCUT2D eigenvalue weighted by Crippen LogP contribution is -2.27. The van der Waals surface area contributed by atoms with E-state index < -0.39 is 0 Å². The fourth-order valence-electron chi connectivity index (χ4n) is 1.89. The van der Waals surface area contributed by atoms with Crippen molar-refractivity contribution >= 4 is 33.3 Å². The maximum Gasteiger partial charge on any atom is 0.274 e. The smallest absolute Gasteiger partial charge is 0.274 e. The minimum absolute atomic E-state index is 0.135. The molecule has 1 aromatic carbocycles. The van der Waals surface area contributed by atoms with Gasteiger partial charge in [0.15, 0.2) is 0 Å². The predicted octanol–water partition coefficient (Wildman–Crippen LogP) is 4.01. The zero-order valence-corrected chi connectivity index (χ0v) is 14.7. The standard InChI is InChI=1S/C16H19BrN4O/c1-10-7-11(17)5-6-12(10)20-15(22)13-8-14(19-9-18-13)21-16(2,3)4/h5-9H,1-4H3,(H,20,22)(H,18,19,21). The largest absolute Gasteiger partial charge is 0.365 e. The summed E-state index contributed by atoms with van der Waals surface area (Å²) >= 11 is 3.40. The Kier molecular flexibility index (Phi) is 4.81. The number of nitrogens with one attached hydrogen (secondary N) is 2. The van der Waals surface area contributed by atoms with Gasteiger partial charge in [0.2, 0.25) is 0 Å². The summed E-state index contributed by atoms with van der Waals surface area (Å²) in [6, 6.07) is 7.33. The number of benzene rings is 1. The summed E-state index contributed by atoms with van der Waals surface area (Å²) in [5, 5.41) is 6.09. The van der Waals surface area contributed by atoms with Gasteiger partial charge in [0.25, 0.3) is 5.91 Å². The van der Waals surface area contributed by atoms with Gasteiger partial charge in [-0.2, -0.15) is 0 Å². The maximum atomic E-state index is 12.3. The first kappa shape index (κ1) is 16.4. The molecule has 5 nitrogen and oxygen atoms in total. The molecule has 0 radical (unpaired) electrons. The van der Waals surface area contributed by atoms with Crippen molar-refractivity contribution in [2.45, 2.75) is 33.2 Å². The first-order valence-electron chi connectivity index (χ1n) is 6.92. The molecule has 2 aromatic rings. The fraction of sp³-hybridized carbons (Fsp3) is 0.312. The molecule has 1 amide bonds. The summed E-state index contributed by atoms with van der Waals surface area (Å²) in [4.78, 5) is 20.5. The van der Waals surface area contributed by atoms with Crippen LogP contribution in [-0.2, 0) is 0 Å². The van der Waals surface area contributed by atoms with Crippen LogP contribution >= 0.6 is 15.9 Å². The van der Waals surface area contributed by atoms with E-state index in [0.29, 0.717) is 11.5 Å². The highest BCUT2D eigenvalue weighted by Gasteiger charge is 2.14. The zero-order chi connectivity index (χ0) is 16.3. The van der Waals surface area contributed by atoms with Crippen LogP contribution in [0.3, 0.4) is 0 Å². The summed E-state index contributed by atoms with van der Waals surface area (Å²) < 4.78 is 0.974. The Balaban J connectivity index is 2.17. The van der Waals surface area contributed by atoms with Crippen LogP contribution in [0, 0.1) is 6.92 Å². The number of hydrogen-bond acceptors (Lipinski definition) is 4. The lowest BCUT2D eigenvalue weighted by Gasteiger charge is -2.21. The SMILES string of the molecule is Cc1cc(Br)ccc1NC(=O)c1cc(NC(C)(C)C)ncn1. The predicted molar refractivity (Wildman–Crippen MR) is 92.2 cm³/mol. The summed E-state index contributed by atoms with van der Waals surface area (Å²) in [6.07, 6.45) is 1.39. The highest BCUT2D eigenvalue weighted by molar-refractivity contribution is 9.10. The molecule has 2 rings (SSSR count). The molecule has 0 aliphatic carbocycles. The highest BCUT2D eigenvalue weighted by Crippen LogP contribution is 2.21. The quantitative estimate of drug-likeness (QED) is 0.865. The number of aromatic nitrogens is 2. The van der Waals surface area contributed by atoms with Crippen LogP contribution in [-0.4, -0.2) is 21.4 Å². The molecule has 1 heterocycles. The van der Waals surface area contributed by atoms with Gasteiger partial charge in [-0.05, 0) is 51.5 Å². The van der Waals surface area contributed by atoms with E-state index in [1.165, 1.54) is 6.33 Å². The van der Waals surface area contributed by atoms with Crippen LogP contribution in [0.25, 0.3) is 0 Å². The van der Waals surface area contributed by atoms with E-state index in [0.717, 1.165) is 15.7 Å². The molecule has 0 saturated carbocycles. The van der Waals surface area contributed by atoms with Gasteiger partial charge < -0.3 is 10.6 Å². The van der Waals surface area contributed by atoms with Crippen LogP contribution < -0.4 is 10.6 Å². The average Bonchev–Trinajstić information content (AvgIpc) is 2.40. The number of rotatable bonds is 3. The number of hydrogen-bond donors (Lipinski definition) is 2. The molecule has 0 aliphatic heterocycles. The molecule has 0 aliphatic rings. The van der Waals surface area contributed by atoms with E-state index in [-0.39, 0.29) is 11.4 Å². The van der Waals surface area contributed by atoms with E-state index in [1.54, 1.807) is 6.07 Å². The van der Waals surface area contributed by atoms with Crippen molar-refractivity contribution in [1.82, 2.24) is 9.97 Å². The summed E-state index contributed by atoms with van der Waals surface area (Å²) in [6.45, 7) is 8.02. The van der Waals surface area contributed by atoms with Gasteiger partial charge >= 0.3 is 0 Å². The Morgan fingerprint density at radius 1 is 1.18 bits per heavy atom. The van der Waals surface area contributed by atoms with E-state index in [9.17, 15) is 4.79 Å². The van der Waals surface area contributed by atoms with Crippen LogP contribution in [0.4, 0.5) is 11.5 Å². The van der Waals surface area contributed by atoms with Crippen LogP contribution in [0.15, 0.2) is 35.1 Å². The number of aryl methyl sites for hydroxylation is 1. The van der Waals surface area contributed by atoms with Crippen LogP contribution in [0.5, 0.6) is 0 Å². The second kappa shape index (κ2) is 6.44. The molecule has 22 heavy (non-hydrogen) atoms. The molecule has 0 fully saturated rings. The molecule has 116 valence electrons. The topological polar surface area (TPSA) is 66.9 Å². The molecule has 1 aromatic heterocycles. The van der Waals surface area contributed by atoms with Gasteiger partial charge in [0.1, 0.15) is 17.8 Å². The van der Waals surface area contributed by atoms with E-state index in [4.69, 9.17) is 0 Å². The Morgan fingerprint density at radius 2 is 1.91 bits per heavy atom. The number of carbonyl (C=O) groups is 1. The Morgan fingerprint density at radius 3 is 2.55 bits per heavy atom. The number of amides is 1. The van der Waals surface area contributed by atoms with Crippen LogP contribution in [0.1, 0.15) is 36.8 Å². The van der Waals surface area contributed by atoms with E-state index in [1.807, 2.05) is 45.9 Å². The summed E-state index contributed by atoms with van der Waals surface area (Å²) in [5.74, 6) is 0.366. The normalized spacial score (nSPS) is 11.1. The van der Waals surface area contributed by atoms with Gasteiger partial charge in [-0.3, -0.25) is 4.79 Å². The van der Waals surface area contributed by atoms with Crippen molar-refractivity contribution in [3.8, 4) is 0 Å². The first-order valence-corrected chi connectivity index (χ1v) is 7.72. The molecule has 6 heteroatoms. The molecular formula is C16H19BrN4O. The summed E-state index contributed by atoms with van der Waals surface area (Å²) in [5.41, 5.74) is 1.93. The Hall–Kier alpha value is -1.95. The first-order chi connectivity index (χ1) is 10.2. The molecule has 0 atom stereocenters. The minimum atomic E-state index is -0.259. The van der Waals surface area contributed by atoms with Crippen molar-refractivity contribution in [2.24, 2.45) is 0 Å². The third-order valence-corrected chi connectivity index (χ3v) is 3.33. The lowest BCUT2D eigenvalue weighted by molar-refractivity contribution is 0.102. The molecule has 2 N–H and O–H groups in total. The van der Waals surface area contributed by atoms with E-state index >= 15 is 0 Å². The van der Waals surface area contributed by atoms with Crippen molar-refractivity contribution in [3.05, 3.63) is 46.3 Å². The second-order valence-electron chi connectivity index (χ2n) is 6.08. The zero-order valence-electron chi connectivity index (χ0n) is 13.1. The van der Waals surface area contributed by atoms with Gasteiger partial charge in [-0.25, -0.2) is 9.97 Å². The average molecular weight is 363 g/mol. The molecule has 0 saturated heterocycles. The van der Waals surface area contributed by atoms with Crippen molar-refractivity contribution in [2.75, 3.05) is 10.6 Å². The van der Waals surface area contributed by atoms with Crippen molar-refractivity contribution in [1.29, 1.82) is 0 Å². The van der Waals surface area contributed by atoms with Gasteiger partial charge in [0, 0.05) is 21.8 Å².